The highest BCUT2D eigenvalue weighted by Crippen LogP contribution is 2.27. The number of hydrogen-bond acceptors (Lipinski definition) is 4. The summed E-state index contributed by atoms with van der Waals surface area (Å²) in [4.78, 5) is 25.4. The van der Waals surface area contributed by atoms with E-state index in [0.29, 0.717) is 11.1 Å². The van der Waals surface area contributed by atoms with Crippen LogP contribution in [-0.4, -0.2) is 51.2 Å². The van der Waals surface area contributed by atoms with Crippen molar-refractivity contribution in [3.05, 3.63) is 35.4 Å². The Bertz CT molecular complexity index is 534. The molecule has 2 amide bonds. The maximum absolute atomic E-state index is 12.8. The van der Waals surface area contributed by atoms with E-state index in [4.69, 9.17) is 5.73 Å². The molecule has 0 fully saturated rings. The topological polar surface area (TPSA) is 104 Å². The number of hydrogen-bond donors (Lipinski definition) is 3. The highest BCUT2D eigenvalue weighted by molar-refractivity contribution is 5.97. The minimum absolute atomic E-state index is 0.248. The lowest BCUT2D eigenvalue weighted by Crippen LogP contribution is -2.61. The molecule has 0 aliphatic carbocycles. The van der Waals surface area contributed by atoms with Gasteiger partial charge in [0, 0.05) is 11.1 Å². The molecule has 0 bridgehead atoms. The number of rotatable bonds is 6. The lowest BCUT2D eigenvalue weighted by atomic mass is 9.92. The fourth-order valence-corrected chi connectivity index (χ4v) is 2.42. The molecule has 0 atom stereocenters. The molecule has 6 nitrogen and oxygen atoms in total. The Balaban J connectivity index is 3.25. The first-order valence-electron chi connectivity index (χ1n) is 7.03. The SMILES string of the molecule is CC(C)(CO)N(C(=O)c1ccc(C(N)=O)cc1)C(C)(C)CO. The molecule has 0 saturated heterocycles. The number of benzene rings is 1. The molecule has 1 aromatic rings. The van der Waals surface area contributed by atoms with Crippen LogP contribution in [0.15, 0.2) is 24.3 Å². The van der Waals surface area contributed by atoms with Crippen LogP contribution in [0.3, 0.4) is 0 Å². The normalized spacial score (nSPS) is 12.1. The summed E-state index contributed by atoms with van der Waals surface area (Å²) in [6.45, 7) is 6.39. The fraction of sp³-hybridized carbons (Fsp3) is 0.500. The van der Waals surface area contributed by atoms with Gasteiger partial charge in [-0.25, -0.2) is 0 Å². The van der Waals surface area contributed by atoms with Crippen molar-refractivity contribution >= 4 is 11.8 Å². The van der Waals surface area contributed by atoms with Gasteiger partial charge in [0.2, 0.25) is 5.91 Å². The zero-order valence-electron chi connectivity index (χ0n) is 13.5. The fourth-order valence-electron chi connectivity index (χ4n) is 2.42. The lowest BCUT2D eigenvalue weighted by Gasteiger charge is -2.47. The molecule has 0 spiro atoms. The van der Waals surface area contributed by atoms with Crippen molar-refractivity contribution in [2.75, 3.05) is 13.2 Å². The van der Waals surface area contributed by atoms with E-state index in [-0.39, 0.29) is 19.1 Å². The van der Waals surface area contributed by atoms with E-state index in [1.807, 2.05) is 0 Å². The van der Waals surface area contributed by atoms with E-state index in [1.165, 1.54) is 29.2 Å². The van der Waals surface area contributed by atoms with Crippen molar-refractivity contribution in [1.82, 2.24) is 4.90 Å². The maximum Gasteiger partial charge on any atom is 0.254 e. The molecule has 22 heavy (non-hydrogen) atoms. The summed E-state index contributed by atoms with van der Waals surface area (Å²) in [5, 5.41) is 19.2. The van der Waals surface area contributed by atoms with Crippen molar-refractivity contribution in [1.29, 1.82) is 0 Å². The van der Waals surface area contributed by atoms with Gasteiger partial charge in [-0.15, -0.1) is 0 Å². The molecule has 6 heteroatoms. The van der Waals surface area contributed by atoms with Crippen molar-refractivity contribution in [2.24, 2.45) is 5.73 Å². The molecule has 0 unspecified atom stereocenters. The molecular formula is C16H24N2O4. The summed E-state index contributed by atoms with van der Waals surface area (Å²) >= 11 is 0. The summed E-state index contributed by atoms with van der Waals surface area (Å²) in [7, 11) is 0. The van der Waals surface area contributed by atoms with Gasteiger partial charge < -0.3 is 20.8 Å². The Labute approximate surface area is 130 Å². The van der Waals surface area contributed by atoms with Gasteiger partial charge in [-0.05, 0) is 52.0 Å². The lowest BCUT2D eigenvalue weighted by molar-refractivity contribution is -0.0242. The molecule has 0 radical (unpaired) electrons. The molecule has 0 aromatic heterocycles. The first kappa shape index (κ1) is 18.1. The third-order valence-electron chi connectivity index (χ3n) is 3.60. The van der Waals surface area contributed by atoms with Gasteiger partial charge in [-0.2, -0.15) is 0 Å². The third kappa shape index (κ3) is 3.64. The van der Waals surface area contributed by atoms with E-state index in [1.54, 1.807) is 27.7 Å². The number of aliphatic hydroxyl groups is 2. The molecule has 0 saturated carbocycles. The van der Waals surface area contributed by atoms with Crippen LogP contribution in [0, 0.1) is 0 Å². The quantitative estimate of drug-likeness (QED) is 0.722. The van der Waals surface area contributed by atoms with Gasteiger partial charge in [0.25, 0.3) is 5.91 Å². The smallest absolute Gasteiger partial charge is 0.254 e. The van der Waals surface area contributed by atoms with Crippen LogP contribution < -0.4 is 5.73 Å². The molecular weight excluding hydrogens is 284 g/mol. The Kier molecular flexibility index (Phi) is 5.32. The van der Waals surface area contributed by atoms with Crippen LogP contribution >= 0.6 is 0 Å². The van der Waals surface area contributed by atoms with Gasteiger partial charge in [-0.1, -0.05) is 0 Å². The van der Waals surface area contributed by atoms with Crippen molar-refractivity contribution < 1.29 is 19.8 Å². The van der Waals surface area contributed by atoms with Gasteiger partial charge >= 0.3 is 0 Å². The molecule has 1 aromatic carbocycles. The van der Waals surface area contributed by atoms with Gasteiger partial charge in [0.05, 0.1) is 24.3 Å². The van der Waals surface area contributed by atoms with Crippen molar-refractivity contribution in [3.8, 4) is 0 Å². The van der Waals surface area contributed by atoms with E-state index in [2.05, 4.69) is 0 Å². The zero-order valence-corrected chi connectivity index (χ0v) is 13.5. The maximum atomic E-state index is 12.8. The minimum Gasteiger partial charge on any atom is -0.394 e. The largest absolute Gasteiger partial charge is 0.394 e. The Morgan fingerprint density at radius 2 is 1.32 bits per heavy atom. The average molecular weight is 308 g/mol. The summed E-state index contributed by atoms with van der Waals surface area (Å²) in [6, 6.07) is 5.98. The zero-order chi connectivity index (χ0) is 17.1. The van der Waals surface area contributed by atoms with Crippen molar-refractivity contribution in [3.63, 3.8) is 0 Å². The summed E-state index contributed by atoms with van der Waals surface area (Å²) < 4.78 is 0. The number of amides is 2. The number of nitrogens with two attached hydrogens (primary N) is 1. The van der Waals surface area contributed by atoms with Crippen LogP contribution in [0.25, 0.3) is 0 Å². The Morgan fingerprint density at radius 3 is 1.64 bits per heavy atom. The highest BCUT2D eigenvalue weighted by atomic mass is 16.3. The highest BCUT2D eigenvalue weighted by Gasteiger charge is 2.41. The second-order valence-corrected chi connectivity index (χ2v) is 6.52. The molecule has 1 rings (SSSR count). The number of aliphatic hydroxyl groups excluding tert-OH is 2. The first-order valence-corrected chi connectivity index (χ1v) is 7.03. The van der Waals surface area contributed by atoms with Gasteiger partial charge in [0.1, 0.15) is 0 Å². The number of carbonyl (C=O) groups is 2. The van der Waals surface area contributed by atoms with Gasteiger partial charge in [0.15, 0.2) is 0 Å². The Hall–Kier alpha value is -1.92. The van der Waals surface area contributed by atoms with Crippen molar-refractivity contribution in [2.45, 2.75) is 38.8 Å². The summed E-state index contributed by atoms with van der Waals surface area (Å²) in [5.74, 6) is -0.906. The predicted octanol–water partition coefficient (Wildman–Crippen LogP) is 0.769. The van der Waals surface area contributed by atoms with E-state index >= 15 is 0 Å². The minimum atomic E-state index is -0.855. The average Bonchev–Trinajstić information content (AvgIpc) is 2.46. The molecule has 122 valence electrons. The summed E-state index contributed by atoms with van der Waals surface area (Å²) in [6.07, 6.45) is 0. The number of carbonyl (C=O) groups excluding carboxylic acids is 2. The first-order chi connectivity index (χ1) is 10.1. The van der Waals surface area contributed by atoms with Crippen LogP contribution in [0.4, 0.5) is 0 Å². The summed E-state index contributed by atoms with van der Waals surface area (Å²) in [5.41, 5.74) is 4.14. The standard InChI is InChI=1S/C16H24N2O4/c1-15(2,9-19)18(16(3,4)10-20)14(22)12-7-5-11(6-8-12)13(17)21/h5-8,19-20H,9-10H2,1-4H3,(H2,17,21). The molecule has 4 N–H and O–H groups in total. The van der Waals surface area contributed by atoms with Crippen LogP contribution in [0.2, 0.25) is 0 Å². The second-order valence-electron chi connectivity index (χ2n) is 6.52. The van der Waals surface area contributed by atoms with E-state index in [0.717, 1.165) is 0 Å². The number of nitrogens with zero attached hydrogens (tertiary/aromatic N) is 1. The third-order valence-corrected chi connectivity index (χ3v) is 3.60. The number of primary amides is 1. The van der Waals surface area contributed by atoms with Crippen LogP contribution in [0.5, 0.6) is 0 Å². The second kappa shape index (κ2) is 6.46. The Morgan fingerprint density at radius 1 is 0.955 bits per heavy atom. The van der Waals surface area contributed by atoms with E-state index in [9.17, 15) is 19.8 Å². The van der Waals surface area contributed by atoms with Crippen LogP contribution in [-0.2, 0) is 0 Å². The monoisotopic (exact) mass is 308 g/mol. The predicted molar refractivity (Wildman–Crippen MR) is 83.5 cm³/mol. The molecule has 0 aliphatic heterocycles. The molecule has 0 aliphatic rings. The van der Waals surface area contributed by atoms with Crippen LogP contribution in [0.1, 0.15) is 48.4 Å². The van der Waals surface area contributed by atoms with Gasteiger partial charge in [-0.3, -0.25) is 9.59 Å². The van der Waals surface area contributed by atoms with E-state index < -0.39 is 17.0 Å². The molecule has 0 heterocycles.